The number of imide groups is 1. The van der Waals surface area contributed by atoms with Gasteiger partial charge in [0.05, 0.1) is 17.0 Å². The second-order valence-corrected chi connectivity index (χ2v) is 6.39. The summed E-state index contributed by atoms with van der Waals surface area (Å²) < 4.78 is 0. The van der Waals surface area contributed by atoms with Crippen LogP contribution in [0, 0.1) is 11.3 Å². The summed E-state index contributed by atoms with van der Waals surface area (Å²) in [5.41, 5.74) is 0.0987. The number of benzene rings is 2. The zero-order valence-corrected chi connectivity index (χ0v) is 12.5. The van der Waals surface area contributed by atoms with Crippen LogP contribution >= 0.6 is 0 Å². The summed E-state index contributed by atoms with van der Waals surface area (Å²) in [4.78, 5) is 27.0. The lowest BCUT2D eigenvalue weighted by Crippen LogP contribution is -2.34. The first kappa shape index (κ1) is 13.3. The fraction of sp³-hybridized carbons (Fsp3) is 0.263. The van der Waals surface area contributed by atoms with Crippen molar-refractivity contribution in [1.29, 1.82) is 0 Å². The van der Waals surface area contributed by atoms with Crippen molar-refractivity contribution in [3.05, 3.63) is 54.6 Å². The van der Waals surface area contributed by atoms with E-state index in [-0.39, 0.29) is 17.7 Å². The van der Waals surface area contributed by atoms with Gasteiger partial charge in [0.15, 0.2) is 0 Å². The molecule has 1 aliphatic heterocycles. The van der Waals surface area contributed by atoms with Crippen LogP contribution in [0.25, 0.3) is 10.8 Å². The van der Waals surface area contributed by atoms with E-state index in [1.165, 1.54) is 4.90 Å². The van der Waals surface area contributed by atoms with Crippen molar-refractivity contribution in [2.45, 2.75) is 19.8 Å². The Hall–Kier alpha value is -2.42. The van der Waals surface area contributed by atoms with Crippen LogP contribution in [0.3, 0.4) is 0 Å². The first-order valence-corrected chi connectivity index (χ1v) is 7.63. The zero-order chi connectivity index (χ0) is 15.3. The van der Waals surface area contributed by atoms with Crippen LogP contribution in [0.5, 0.6) is 0 Å². The average Bonchev–Trinajstić information content (AvgIpc) is 2.74. The second-order valence-electron chi connectivity index (χ2n) is 6.39. The number of hydrogen-bond acceptors (Lipinski definition) is 2. The number of hydrogen-bond donors (Lipinski definition) is 0. The fourth-order valence-electron chi connectivity index (χ4n) is 3.64. The molecule has 1 aliphatic carbocycles. The van der Waals surface area contributed by atoms with Crippen LogP contribution < -0.4 is 4.90 Å². The molecule has 1 saturated heterocycles. The van der Waals surface area contributed by atoms with Gasteiger partial charge in [0.2, 0.25) is 11.8 Å². The van der Waals surface area contributed by atoms with E-state index in [0.29, 0.717) is 18.5 Å². The van der Waals surface area contributed by atoms with Gasteiger partial charge in [-0.2, -0.15) is 0 Å². The molecular formula is C19H17NO2. The van der Waals surface area contributed by atoms with Crippen molar-refractivity contribution >= 4 is 28.3 Å². The van der Waals surface area contributed by atoms with Gasteiger partial charge in [-0.05, 0) is 42.7 Å². The van der Waals surface area contributed by atoms with Crippen LogP contribution in [-0.2, 0) is 9.59 Å². The molecule has 22 heavy (non-hydrogen) atoms. The van der Waals surface area contributed by atoms with Crippen molar-refractivity contribution in [2.24, 2.45) is 11.3 Å². The summed E-state index contributed by atoms with van der Waals surface area (Å²) in [6.07, 6.45) is 5.34. The van der Waals surface area contributed by atoms with Gasteiger partial charge >= 0.3 is 0 Å². The maximum absolute atomic E-state index is 12.9. The minimum absolute atomic E-state index is 0.0628. The van der Waals surface area contributed by atoms with Crippen molar-refractivity contribution in [3.8, 4) is 0 Å². The van der Waals surface area contributed by atoms with Crippen LogP contribution in [0.2, 0.25) is 0 Å². The van der Waals surface area contributed by atoms with Gasteiger partial charge in [-0.25, -0.2) is 4.90 Å². The molecule has 3 nitrogen and oxygen atoms in total. The van der Waals surface area contributed by atoms with E-state index in [0.717, 1.165) is 10.8 Å². The molecule has 2 amide bonds. The van der Waals surface area contributed by atoms with Crippen LogP contribution in [-0.4, -0.2) is 11.8 Å². The standard InChI is InChI=1S/C19H17NO2/c1-19-11-5-4-8-16(19)17(21)20(18(19)22)15-10-9-13-6-2-3-7-14(13)12-15/h2-7,9-10,12,16H,8,11H2,1H3. The average molecular weight is 291 g/mol. The highest BCUT2D eigenvalue weighted by molar-refractivity contribution is 6.24. The lowest BCUT2D eigenvalue weighted by atomic mass is 9.72. The first-order valence-electron chi connectivity index (χ1n) is 7.63. The lowest BCUT2D eigenvalue weighted by Gasteiger charge is -2.27. The Bertz CT molecular complexity index is 823. The summed E-state index contributed by atoms with van der Waals surface area (Å²) in [5.74, 6) is -0.356. The third kappa shape index (κ3) is 1.68. The lowest BCUT2D eigenvalue weighted by molar-refractivity contribution is -0.126. The Morgan fingerprint density at radius 2 is 1.82 bits per heavy atom. The molecule has 2 aromatic rings. The number of allylic oxidation sites excluding steroid dienone is 2. The molecule has 0 spiro atoms. The van der Waals surface area contributed by atoms with Crippen molar-refractivity contribution < 1.29 is 9.59 Å². The number of amides is 2. The summed E-state index contributed by atoms with van der Waals surface area (Å²) >= 11 is 0. The van der Waals surface area contributed by atoms with Gasteiger partial charge in [0, 0.05) is 0 Å². The van der Waals surface area contributed by atoms with E-state index in [2.05, 4.69) is 0 Å². The second kappa shape index (κ2) is 4.54. The molecule has 110 valence electrons. The molecule has 0 radical (unpaired) electrons. The Kier molecular flexibility index (Phi) is 2.73. The summed E-state index contributed by atoms with van der Waals surface area (Å²) in [6, 6.07) is 13.7. The zero-order valence-electron chi connectivity index (χ0n) is 12.5. The molecule has 2 unspecified atom stereocenters. The molecule has 0 saturated carbocycles. The Morgan fingerprint density at radius 3 is 2.59 bits per heavy atom. The van der Waals surface area contributed by atoms with Gasteiger partial charge in [0.25, 0.3) is 0 Å². The predicted molar refractivity (Wildman–Crippen MR) is 86.4 cm³/mol. The van der Waals surface area contributed by atoms with Crippen LogP contribution in [0.1, 0.15) is 19.8 Å². The number of carbonyl (C=O) groups is 2. The Balaban J connectivity index is 1.81. The quantitative estimate of drug-likeness (QED) is 0.593. The number of nitrogens with zero attached hydrogens (tertiary/aromatic N) is 1. The minimum Gasteiger partial charge on any atom is -0.274 e. The summed E-state index contributed by atoms with van der Waals surface area (Å²) in [7, 11) is 0. The predicted octanol–water partition coefficient (Wildman–Crippen LogP) is 3.69. The smallest absolute Gasteiger partial charge is 0.240 e. The third-order valence-corrected chi connectivity index (χ3v) is 5.05. The molecule has 0 aromatic heterocycles. The van der Waals surface area contributed by atoms with E-state index in [9.17, 15) is 9.59 Å². The van der Waals surface area contributed by atoms with Crippen LogP contribution in [0.15, 0.2) is 54.6 Å². The highest BCUT2D eigenvalue weighted by atomic mass is 16.2. The molecule has 0 N–H and O–H groups in total. The van der Waals surface area contributed by atoms with Gasteiger partial charge in [-0.15, -0.1) is 0 Å². The van der Waals surface area contributed by atoms with Gasteiger partial charge in [-0.3, -0.25) is 9.59 Å². The molecule has 2 aliphatic rings. The molecule has 2 atom stereocenters. The maximum atomic E-state index is 12.9. The molecule has 4 rings (SSSR count). The van der Waals surface area contributed by atoms with E-state index in [1.54, 1.807) is 0 Å². The van der Waals surface area contributed by atoms with E-state index < -0.39 is 5.41 Å². The van der Waals surface area contributed by atoms with E-state index in [1.807, 2.05) is 61.5 Å². The normalized spacial score (nSPS) is 27.5. The molecule has 0 bridgehead atoms. The van der Waals surface area contributed by atoms with E-state index >= 15 is 0 Å². The van der Waals surface area contributed by atoms with Gasteiger partial charge in [-0.1, -0.05) is 42.5 Å². The van der Waals surface area contributed by atoms with Crippen molar-refractivity contribution in [1.82, 2.24) is 0 Å². The SMILES string of the molecule is CC12CC=CCC1C(=O)N(c1ccc3ccccc3c1)C2=O. The minimum atomic E-state index is -0.586. The molecule has 3 heteroatoms. The monoisotopic (exact) mass is 291 g/mol. The third-order valence-electron chi connectivity index (χ3n) is 5.05. The number of fused-ring (bicyclic) bond motifs is 2. The fourth-order valence-corrected chi connectivity index (χ4v) is 3.64. The van der Waals surface area contributed by atoms with Gasteiger partial charge < -0.3 is 0 Å². The van der Waals surface area contributed by atoms with Crippen molar-refractivity contribution in [2.75, 3.05) is 4.90 Å². The van der Waals surface area contributed by atoms with Crippen LogP contribution in [0.4, 0.5) is 5.69 Å². The molecular weight excluding hydrogens is 274 g/mol. The summed E-state index contributed by atoms with van der Waals surface area (Å²) in [5, 5.41) is 2.15. The number of carbonyl (C=O) groups excluding carboxylic acids is 2. The molecule has 1 fully saturated rings. The maximum Gasteiger partial charge on any atom is 0.240 e. The van der Waals surface area contributed by atoms with Gasteiger partial charge in [0.1, 0.15) is 0 Å². The van der Waals surface area contributed by atoms with Crippen molar-refractivity contribution in [3.63, 3.8) is 0 Å². The summed E-state index contributed by atoms with van der Waals surface area (Å²) in [6.45, 7) is 1.92. The largest absolute Gasteiger partial charge is 0.274 e. The number of rotatable bonds is 1. The number of anilines is 1. The molecule has 1 heterocycles. The first-order chi connectivity index (χ1) is 10.6. The molecule has 2 aromatic carbocycles. The van der Waals surface area contributed by atoms with E-state index in [4.69, 9.17) is 0 Å². The highest BCUT2D eigenvalue weighted by Gasteiger charge is 2.56. The Labute approximate surface area is 129 Å². The highest BCUT2D eigenvalue weighted by Crippen LogP contribution is 2.47. The Morgan fingerprint density at radius 1 is 1.05 bits per heavy atom. The topological polar surface area (TPSA) is 37.4 Å².